The van der Waals surface area contributed by atoms with Crippen molar-refractivity contribution in [1.29, 1.82) is 0 Å². The van der Waals surface area contributed by atoms with Crippen LogP contribution >= 0.6 is 0 Å². The van der Waals surface area contributed by atoms with Gasteiger partial charge in [0, 0.05) is 6.54 Å². The molecular weight excluding hydrogens is 416 g/mol. The van der Waals surface area contributed by atoms with E-state index in [1.165, 1.54) is 0 Å². The van der Waals surface area contributed by atoms with Crippen molar-refractivity contribution >= 4 is 27.9 Å². The molecule has 0 saturated heterocycles. The fraction of sp³-hybridized carbons (Fsp3) is 0.722. The van der Waals surface area contributed by atoms with Gasteiger partial charge in [-0.2, -0.15) is 4.98 Å². The molecule has 1 aromatic heterocycles. The molecule has 5 N–H and O–H groups in total. The maximum atomic E-state index is 12.5. The normalized spacial score (nSPS) is 15.0. The molecule has 1 aromatic rings. The summed E-state index contributed by atoms with van der Waals surface area (Å²) in [6.07, 6.45) is -0.904. The summed E-state index contributed by atoms with van der Waals surface area (Å²) < 4.78 is 29.3. The van der Waals surface area contributed by atoms with Crippen molar-refractivity contribution in [3.8, 4) is 0 Å². The zero-order valence-corrected chi connectivity index (χ0v) is 18.7. The summed E-state index contributed by atoms with van der Waals surface area (Å²) >= 11 is 0. The zero-order valence-electron chi connectivity index (χ0n) is 17.9. The van der Waals surface area contributed by atoms with Crippen LogP contribution in [0.25, 0.3) is 0 Å². The summed E-state index contributed by atoms with van der Waals surface area (Å²) in [7, 11) is -3.62. The molecule has 0 saturated carbocycles. The molecule has 0 aliphatic rings. The van der Waals surface area contributed by atoms with Crippen LogP contribution in [0.4, 0.5) is 6.01 Å². The second kappa shape index (κ2) is 11.3. The van der Waals surface area contributed by atoms with Crippen LogP contribution in [0.5, 0.6) is 0 Å². The molecule has 0 bridgehead atoms. The summed E-state index contributed by atoms with van der Waals surface area (Å²) in [5.74, 6) is -0.820. The lowest BCUT2D eigenvalue weighted by Gasteiger charge is -2.28. The van der Waals surface area contributed by atoms with Crippen LogP contribution in [0.2, 0.25) is 0 Å². The number of aromatic nitrogens is 1. The molecule has 1 heterocycles. The van der Waals surface area contributed by atoms with Crippen molar-refractivity contribution < 1.29 is 32.6 Å². The minimum Gasteiger partial charge on any atom is -0.431 e. The van der Waals surface area contributed by atoms with Crippen molar-refractivity contribution in [3.63, 3.8) is 0 Å². The van der Waals surface area contributed by atoms with E-state index in [9.17, 15) is 28.2 Å². The number of nitrogens with one attached hydrogen (secondary N) is 3. The number of carbonyl (C=O) groups is 2. The molecule has 0 aliphatic carbocycles. The van der Waals surface area contributed by atoms with Gasteiger partial charge < -0.3 is 25.3 Å². The predicted molar refractivity (Wildman–Crippen MR) is 110 cm³/mol. The Labute approximate surface area is 176 Å². The van der Waals surface area contributed by atoms with Gasteiger partial charge in [0.1, 0.15) is 12.4 Å². The Morgan fingerprint density at radius 3 is 2.33 bits per heavy atom. The third-order valence-electron chi connectivity index (χ3n) is 3.96. The number of amides is 2. The van der Waals surface area contributed by atoms with Gasteiger partial charge in [0.15, 0.2) is 5.69 Å². The van der Waals surface area contributed by atoms with Crippen LogP contribution in [0.15, 0.2) is 10.7 Å². The molecule has 0 aliphatic heterocycles. The van der Waals surface area contributed by atoms with E-state index in [1.54, 1.807) is 0 Å². The first kappa shape index (κ1) is 25.9. The Morgan fingerprint density at radius 2 is 1.80 bits per heavy atom. The lowest BCUT2D eigenvalue weighted by Crippen LogP contribution is -2.50. The molecule has 11 nitrogen and oxygen atoms in total. The van der Waals surface area contributed by atoms with E-state index in [4.69, 9.17) is 4.42 Å². The minimum atomic E-state index is -3.62. The first-order chi connectivity index (χ1) is 13.8. The maximum absolute atomic E-state index is 12.5. The Balaban J connectivity index is 2.80. The van der Waals surface area contributed by atoms with Crippen LogP contribution in [0.1, 0.15) is 51.0 Å². The minimum absolute atomic E-state index is 0.0617. The van der Waals surface area contributed by atoms with Crippen LogP contribution in [0, 0.1) is 11.8 Å². The third-order valence-corrected chi connectivity index (χ3v) is 4.51. The largest absolute Gasteiger partial charge is 0.431 e. The van der Waals surface area contributed by atoms with E-state index in [-0.39, 0.29) is 30.0 Å². The third kappa shape index (κ3) is 9.55. The summed E-state index contributed by atoms with van der Waals surface area (Å²) in [6.45, 7) is 8.06. The lowest BCUT2D eigenvalue weighted by molar-refractivity contribution is -0.125. The number of hydrogen-bond acceptors (Lipinski definition) is 8. The van der Waals surface area contributed by atoms with E-state index in [0.29, 0.717) is 13.0 Å². The number of oxazole rings is 1. The highest BCUT2D eigenvalue weighted by atomic mass is 32.2. The van der Waals surface area contributed by atoms with E-state index in [1.807, 2.05) is 32.4 Å². The number of sulfonamides is 1. The number of rotatable bonds is 12. The molecule has 172 valence electrons. The summed E-state index contributed by atoms with van der Waals surface area (Å²) in [5.41, 5.74) is -0.203. The van der Waals surface area contributed by atoms with E-state index >= 15 is 0 Å². The molecule has 30 heavy (non-hydrogen) atoms. The molecule has 12 heteroatoms. The monoisotopic (exact) mass is 448 g/mol. The molecule has 2 amide bonds. The van der Waals surface area contributed by atoms with Gasteiger partial charge in [0.25, 0.3) is 5.91 Å². The van der Waals surface area contributed by atoms with Crippen LogP contribution in [0.3, 0.4) is 0 Å². The number of hydrogen-bond donors (Lipinski definition) is 5. The number of carbonyl (C=O) groups excluding carboxylic acids is 2. The smallest absolute Gasteiger partial charge is 0.309 e. The predicted octanol–water partition coefficient (Wildman–Crippen LogP) is 0.0747. The molecular formula is C18H32N4O7S. The van der Waals surface area contributed by atoms with Crippen molar-refractivity contribution in [3.05, 3.63) is 12.0 Å². The van der Waals surface area contributed by atoms with Gasteiger partial charge in [0.05, 0.1) is 24.8 Å². The zero-order chi connectivity index (χ0) is 23.1. The first-order valence-corrected chi connectivity index (χ1v) is 11.5. The molecule has 1 rings (SSSR count). The SMILES string of the molecule is CC(C)CNC(=O)CC(O)C(O)C(CC(C)C)NC(=O)c1coc(NS(C)(=O)=O)n1. The Hall–Kier alpha value is -2.18. The second-order valence-electron chi connectivity index (χ2n) is 8.08. The Kier molecular flexibility index (Phi) is 9.72. The van der Waals surface area contributed by atoms with Crippen molar-refractivity contribution in [1.82, 2.24) is 15.6 Å². The van der Waals surface area contributed by atoms with Crippen molar-refractivity contribution in [2.75, 3.05) is 17.5 Å². The molecule has 3 atom stereocenters. The average Bonchev–Trinajstić information content (AvgIpc) is 3.04. The Morgan fingerprint density at radius 1 is 1.17 bits per heavy atom. The van der Waals surface area contributed by atoms with Crippen molar-refractivity contribution in [2.45, 2.75) is 58.8 Å². The van der Waals surface area contributed by atoms with Crippen molar-refractivity contribution in [2.24, 2.45) is 11.8 Å². The highest BCUT2D eigenvalue weighted by Crippen LogP contribution is 2.15. The van der Waals surface area contributed by atoms with Gasteiger partial charge in [-0.1, -0.05) is 27.7 Å². The standard InChI is InChI=1S/C18H32N4O7S/c1-10(2)6-12(16(25)14(23)7-15(24)19-8-11(3)4)20-17(26)13-9-29-18(21-13)22-30(5,27)28/h9-12,14,16,23,25H,6-8H2,1-5H3,(H,19,24)(H,20,26)(H,21,22). The van der Waals surface area contributed by atoms with Crippen LogP contribution in [-0.2, 0) is 14.8 Å². The molecule has 0 fully saturated rings. The number of nitrogens with zero attached hydrogens (tertiary/aromatic N) is 1. The lowest BCUT2D eigenvalue weighted by atomic mass is 9.94. The van der Waals surface area contributed by atoms with E-state index in [0.717, 1.165) is 12.5 Å². The van der Waals surface area contributed by atoms with Gasteiger partial charge in [-0.05, 0) is 18.3 Å². The summed E-state index contributed by atoms with van der Waals surface area (Å²) in [4.78, 5) is 28.1. The summed E-state index contributed by atoms with van der Waals surface area (Å²) in [6, 6.07) is -1.24. The van der Waals surface area contributed by atoms with Crippen LogP contribution < -0.4 is 15.4 Å². The fourth-order valence-electron chi connectivity index (χ4n) is 2.59. The molecule has 3 unspecified atom stereocenters. The van der Waals surface area contributed by atoms with Crippen LogP contribution in [-0.4, -0.2) is 66.5 Å². The van der Waals surface area contributed by atoms with E-state index < -0.39 is 40.1 Å². The summed E-state index contributed by atoms with van der Waals surface area (Å²) in [5, 5.41) is 26.0. The molecule has 0 radical (unpaired) electrons. The van der Waals surface area contributed by atoms with Gasteiger partial charge in [-0.25, -0.2) is 13.1 Å². The quantitative estimate of drug-likeness (QED) is 0.299. The van der Waals surface area contributed by atoms with Gasteiger partial charge in [-0.3, -0.25) is 9.59 Å². The molecule has 0 aromatic carbocycles. The fourth-order valence-corrected chi connectivity index (χ4v) is 3.00. The number of anilines is 1. The van der Waals surface area contributed by atoms with E-state index in [2.05, 4.69) is 15.6 Å². The second-order valence-corrected chi connectivity index (χ2v) is 9.83. The Bertz CT molecular complexity index is 807. The number of aliphatic hydroxyl groups is 2. The first-order valence-electron chi connectivity index (χ1n) is 9.65. The average molecular weight is 449 g/mol. The maximum Gasteiger partial charge on any atom is 0.309 e. The topological polar surface area (TPSA) is 171 Å². The van der Waals surface area contributed by atoms with Gasteiger partial charge in [0.2, 0.25) is 15.9 Å². The molecule has 0 spiro atoms. The van der Waals surface area contributed by atoms with Gasteiger partial charge in [-0.15, -0.1) is 0 Å². The highest BCUT2D eigenvalue weighted by molar-refractivity contribution is 7.91. The highest BCUT2D eigenvalue weighted by Gasteiger charge is 2.30. The van der Waals surface area contributed by atoms with Gasteiger partial charge >= 0.3 is 6.01 Å². The number of aliphatic hydroxyl groups excluding tert-OH is 2.